The summed E-state index contributed by atoms with van der Waals surface area (Å²) in [7, 11) is 4.43. The third-order valence-electron chi connectivity index (χ3n) is 11.0. The van der Waals surface area contributed by atoms with E-state index in [1.165, 1.54) is 25.0 Å². The fourth-order valence-corrected chi connectivity index (χ4v) is 7.46. The Labute approximate surface area is 370 Å². The van der Waals surface area contributed by atoms with Crippen molar-refractivity contribution in [2.75, 3.05) is 36.4 Å². The Kier molecular flexibility index (Phi) is 15.4. The van der Waals surface area contributed by atoms with E-state index in [0.29, 0.717) is 59.7 Å². The molecule has 2 aliphatic rings. The molecule has 4 amide bonds. The minimum absolute atomic E-state index is 0.0344. The minimum atomic E-state index is -0.784. The van der Waals surface area contributed by atoms with Gasteiger partial charge >= 0.3 is 5.97 Å². The van der Waals surface area contributed by atoms with Gasteiger partial charge < -0.3 is 34.7 Å². The van der Waals surface area contributed by atoms with Crippen molar-refractivity contribution in [1.82, 2.24) is 14.9 Å². The average molecular weight is 876 g/mol. The number of aromatic nitrogens is 2. The lowest BCUT2D eigenvalue weighted by atomic mass is 9.99. The second-order valence-corrected chi connectivity index (χ2v) is 15.9. The van der Waals surface area contributed by atoms with E-state index in [1.54, 1.807) is 68.4 Å². The quantitative estimate of drug-likeness (QED) is 0.0681. The number of anilines is 3. The van der Waals surface area contributed by atoms with Crippen LogP contribution in [0.15, 0.2) is 71.9 Å². The normalized spacial score (nSPS) is 14.5. The van der Waals surface area contributed by atoms with Gasteiger partial charge in [-0.3, -0.25) is 43.5 Å². The third-order valence-corrected chi connectivity index (χ3v) is 11.0. The molecule has 3 atom stereocenters. The van der Waals surface area contributed by atoms with Crippen molar-refractivity contribution in [1.29, 1.82) is 0 Å². The van der Waals surface area contributed by atoms with Crippen LogP contribution in [0, 0.1) is 5.92 Å². The van der Waals surface area contributed by atoms with E-state index in [0.717, 1.165) is 11.3 Å². The summed E-state index contributed by atoms with van der Waals surface area (Å²) in [5, 5.41) is 8.18. The number of para-hydroxylation sites is 1. The van der Waals surface area contributed by atoms with Crippen molar-refractivity contribution in [3.05, 3.63) is 89.4 Å². The Morgan fingerprint density at radius 2 is 1.64 bits per heavy atom. The molecule has 0 radical (unpaired) electrons. The maximum Gasteiger partial charge on any atom is 0.305 e. The molecule has 64 heavy (non-hydrogen) atoms. The molecule has 17 nitrogen and oxygen atoms in total. The molecular weight excluding hydrogens is 823 g/mol. The van der Waals surface area contributed by atoms with Gasteiger partial charge in [-0.25, -0.2) is 4.98 Å². The molecule has 6 rings (SSSR count). The summed E-state index contributed by atoms with van der Waals surface area (Å²) in [6, 6.07) is 16.8. The number of amides is 4. The number of unbranched alkanes of at least 4 members (excludes halogenated alkanes) is 1. The molecule has 2 aliphatic heterocycles. The topological polar surface area (TPSA) is 217 Å². The van der Waals surface area contributed by atoms with Gasteiger partial charge in [-0.1, -0.05) is 37.3 Å². The lowest BCUT2D eigenvalue weighted by molar-refractivity contribution is -0.140. The first-order chi connectivity index (χ1) is 30.7. The van der Waals surface area contributed by atoms with Crippen molar-refractivity contribution >= 4 is 70.3 Å². The van der Waals surface area contributed by atoms with Gasteiger partial charge in [0, 0.05) is 81.3 Å². The highest BCUT2D eigenvalue weighted by atomic mass is 16.5. The number of hydrogen-bond acceptors (Lipinski definition) is 12. The molecular formula is C47H53N7O10. The fraction of sp³-hybridized carbons (Fsp3) is 0.383. The van der Waals surface area contributed by atoms with Crippen LogP contribution in [-0.2, 0) is 48.6 Å². The van der Waals surface area contributed by atoms with E-state index >= 15 is 0 Å². The summed E-state index contributed by atoms with van der Waals surface area (Å²) < 4.78 is 17.6. The molecule has 0 saturated carbocycles. The predicted molar refractivity (Wildman–Crippen MR) is 238 cm³/mol. The lowest BCUT2D eigenvalue weighted by Gasteiger charge is -2.22. The molecule has 336 valence electrons. The number of methoxy groups -OCH3 is 2. The van der Waals surface area contributed by atoms with Gasteiger partial charge in [-0.2, -0.15) is 0 Å². The van der Waals surface area contributed by atoms with Crippen LogP contribution in [0.25, 0.3) is 0 Å². The number of nitrogens with zero attached hydrogens (tertiary/aromatic N) is 4. The highest BCUT2D eigenvalue weighted by Gasteiger charge is 2.36. The highest BCUT2D eigenvalue weighted by Crippen LogP contribution is 2.41. The summed E-state index contributed by atoms with van der Waals surface area (Å²) >= 11 is 0. The Bertz CT molecular complexity index is 2440. The number of benzene rings is 3. The number of esters is 1. The van der Waals surface area contributed by atoms with E-state index in [2.05, 4.69) is 30.7 Å². The first-order valence-electron chi connectivity index (χ1n) is 21.2. The molecule has 0 bridgehead atoms. The molecule has 3 aromatic carbocycles. The van der Waals surface area contributed by atoms with Crippen molar-refractivity contribution in [3.63, 3.8) is 0 Å². The highest BCUT2D eigenvalue weighted by molar-refractivity contribution is 6.14. The van der Waals surface area contributed by atoms with E-state index < -0.39 is 23.8 Å². The molecule has 0 spiro atoms. The summed E-state index contributed by atoms with van der Waals surface area (Å²) in [5.74, 6) is -1.66. The smallest absolute Gasteiger partial charge is 0.305 e. The van der Waals surface area contributed by atoms with Crippen LogP contribution in [0.3, 0.4) is 0 Å². The van der Waals surface area contributed by atoms with Crippen LogP contribution < -0.4 is 30.3 Å². The van der Waals surface area contributed by atoms with E-state index in [1.807, 2.05) is 24.3 Å². The number of aryl methyl sites for hydroxylation is 1. The van der Waals surface area contributed by atoms with Gasteiger partial charge in [0.25, 0.3) is 11.8 Å². The summed E-state index contributed by atoms with van der Waals surface area (Å²) in [6.45, 7) is 3.39. The number of imidazole rings is 1. The molecule has 3 heterocycles. The van der Waals surface area contributed by atoms with Crippen LogP contribution >= 0.6 is 0 Å². The van der Waals surface area contributed by atoms with Crippen LogP contribution in [0.4, 0.5) is 22.9 Å². The SMILES string of the molecule is COC(=O)CCCCC(=O)C[C@@H](C)C(=O)N[C@@H](C)C(=O)Cc1ccc(NC(=O)c2nc(NC(=O)CCCOc3cc4c(cc3OC)C(=O)N3c5ccccc5C[C@H]3C=N4)cn2C)cc1. The number of aliphatic imine (C=N–C) groups is 1. The summed E-state index contributed by atoms with van der Waals surface area (Å²) in [5.41, 5.74) is 3.96. The van der Waals surface area contributed by atoms with Crippen molar-refractivity contribution in [2.45, 2.75) is 83.7 Å². The van der Waals surface area contributed by atoms with Crippen molar-refractivity contribution in [2.24, 2.45) is 18.0 Å². The van der Waals surface area contributed by atoms with E-state index in [-0.39, 0.29) is 85.7 Å². The molecule has 17 heteroatoms. The molecule has 0 fully saturated rings. The number of fused-ring (bicyclic) bond motifs is 4. The third kappa shape index (κ3) is 11.6. The zero-order valence-corrected chi connectivity index (χ0v) is 36.6. The molecule has 0 unspecified atom stereocenters. The fourth-order valence-electron chi connectivity index (χ4n) is 7.46. The number of carbonyl (C=O) groups excluding carboxylic acids is 7. The maximum atomic E-state index is 13.7. The number of carbonyl (C=O) groups is 7. The average Bonchev–Trinajstić information content (AvgIpc) is 3.81. The number of ether oxygens (including phenoxy) is 3. The lowest BCUT2D eigenvalue weighted by Crippen LogP contribution is -2.42. The second kappa shape index (κ2) is 21.3. The number of nitrogens with one attached hydrogen (secondary N) is 3. The van der Waals surface area contributed by atoms with Gasteiger partial charge in [0.1, 0.15) is 5.78 Å². The Balaban J connectivity index is 0.921. The van der Waals surface area contributed by atoms with Crippen LogP contribution in [0.5, 0.6) is 11.5 Å². The predicted octanol–water partition coefficient (Wildman–Crippen LogP) is 5.71. The first kappa shape index (κ1) is 46.3. The van der Waals surface area contributed by atoms with Gasteiger partial charge in [0.15, 0.2) is 23.1 Å². The van der Waals surface area contributed by atoms with E-state index in [4.69, 9.17) is 9.47 Å². The summed E-state index contributed by atoms with van der Waals surface area (Å²) in [6.07, 6.45) is 6.06. The van der Waals surface area contributed by atoms with Gasteiger partial charge in [-0.15, -0.1) is 0 Å². The largest absolute Gasteiger partial charge is 0.493 e. The maximum absolute atomic E-state index is 13.7. The number of ketones is 2. The Morgan fingerprint density at radius 1 is 0.891 bits per heavy atom. The number of rotatable bonds is 21. The van der Waals surface area contributed by atoms with Crippen LogP contribution in [0.2, 0.25) is 0 Å². The minimum Gasteiger partial charge on any atom is -0.493 e. The standard InChI is InChI=1S/C47H53N7O10/c1-28(21-34(55)12-7-9-15-43(58)63-5)45(59)49-29(2)38(56)22-30-16-18-32(19-17-30)50-46(60)44-52-41(27-53(44)3)51-42(57)14-10-20-64-40-25-36-35(24-39(40)62-4)47(61)54-33(26-48-36)23-31-11-6-8-13-37(31)54/h6,8,11,13,16-19,24-29,33H,7,9-10,12,14-15,20-23H2,1-5H3,(H,49,59)(H,50,60)(H,51,57)/t28-,29+,33+/m1/s1. The molecule has 0 saturated heterocycles. The Hall–Kier alpha value is -7.17. The molecule has 3 N–H and O–H groups in total. The summed E-state index contributed by atoms with van der Waals surface area (Å²) in [4.78, 5) is 99.5. The van der Waals surface area contributed by atoms with Gasteiger partial charge in [-0.05, 0) is 61.6 Å². The molecule has 1 aromatic heterocycles. The van der Waals surface area contributed by atoms with Crippen LogP contribution in [0.1, 0.15) is 90.9 Å². The monoisotopic (exact) mass is 875 g/mol. The van der Waals surface area contributed by atoms with Gasteiger partial charge in [0.2, 0.25) is 17.6 Å². The van der Waals surface area contributed by atoms with E-state index in [9.17, 15) is 33.6 Å². The second-order valence-electron chi connectivity index (χ2n) is 15.9. The molecule has 0 aliphatic carbocycles. The number of hydrogen-bond donors (Lipinski definition) is 3. The number of Topliss-reactive ketones (excluding diaryl/α,β-unsaturated/α-hetero) is 2. The Morgan fingerprint density at radius 3 is 2.39 bits per heavy atom. The van der Waals surface area contributed by atoms with Crippen molar-refractivity contribution in [3.8, 4) is 11.5 Å². The van der Waals surface area contributed by atoms with Crippen molar-refractivity contribution < 1.29 is 47.8 Å². The molecule has 4 aromatic rings. The van der Waals surface area contributed by atoms with Gasteiger partial charge in [0.05, 0.1) is 44.2 Å². The van der Waals surface area contributed by atoms with Crippen LogP contribution in [-0.4, -0.2) is 89.8 Å². The zero-order valence-electron chi connectivity index (χ0n) is 36.6. The zero-order chi connectivity index (χ0) is 45.9. The first-order valence-corrected chi connectivity index (χ1v) is 21.2.